The summed E-state index contributed by atoms with van der Waals surface area (Å²) in [5, 5.41) is 7.99. The van der Waals surface area contributed by atoms with Crippen molar-refractivity contribution in [3.63, 3.8) is 0 Å². The number of amides is 3. The molecule has 2 aromatic carbocycles. The fourth-order valence-electron chi connectivity index (χ4n) is 3.12. The van der Waals surface area contributed by atoms with E-state index in [2.05, 4.69) is 16.0 Å². The smallest absolute Gasteiger partial charge is 0.408 e. The maximum atomic E-state index is 13.4. The van der Waals surface area contributed by atoms with Crippen LogP contribution in [0.5, 0.6) is 0 Å². The van der Waals surface area contributed by atoms with E-state index in [0.717, 1.165) is 5.56 Å². The van der Waals surface area contributed by atoms with Crippen molar-refractivity contribution in [2.75, 3.05) is 6.54 Å². The van der Waals surface area contributed by atoms with E-state index < -0.39 is 35.6 Å². The van der Waals surface area contributed by atoms with Crippen molar-refractivity contribution >= 4 is 18.1 Å². The van der Waals surface area contributed by atoms with Gasteiger partial charge in [-0.1, -0.05) is 42.5 Å². The van der Waals surface area contributed by atoms with E-state index in [1.54, 1.807) is 32.9 Å². The maximum absolute atomic E-state index is 13.4. The summed E-state index contributed by atoms with van der Waals surface area (Å²) in [5.74, 6) is -0.801. The van der Waals surface area contributed by atoms with Crippen LogP contribution in [0.1, 0.15) is 51.2 Å². The molecule has 0 aliphatic carbocycles. The fraction of sp³-hybridized carbons (Fsp3) is 0.423. The van der Waals surface area contributed by atoms with Crippen molar-refractivity contribution < 1.29 is 28.2 Å². The Morgan fingerprint density at radius 2 is 1.63 bits per heavy atom. The van der Waals surface area contributed by atoms with Crippen molar-refractivity contribution in [2.45, 2.75) is 64.8 Å². The summed E-state index contributed by atoms with van der Waals surface area (Å²) >= 11 is 0. The molecule has 0 radical (unpaired) electrons. The van der Waals surface area contributed by atoms with Gasteiger partial charge in [-0.05, 0) is 63.3 Å². The first kappa shape index (κ1) is 27.6. The second-order valence-electron chi connectivity index (χ2n) is 9.03. The monoisotopic (exact) mass is 487 g/mol. The van der Waals surface area contributed by atoms with Gasteiger partial charge in [-0.3, -0.25) is 4.79 Å². The molecular formula is C26H34FN3O5. The molecule has 0 aliphatic rings. The Balaban J connectivity index is 1.79. The van der Waals surface area contributed by atoms with E-state index >= 15 is 0 Å². The fourth-order valence-corrected chi connectivity index (χ4v) is 3.12. The highest BCUT2D eigenvalue weighted by Crippen LogP contribution is 2.09. The van der Waals surface area contributed by atoms with Crippen LogP contribution in [0.4, 0.5) is 14.0 Å². The molecule has 35 heavy (non-hydrogen) atoms. The number of alkyl carbamates (subject to hydrolysis) is 2. The highest BCUT2D eigenvalue weighted by Gasteiger charge is 2.24. The molecule has 9 heteroatoms. The van der Waals surface area contributed by atoms with Crippen molar-refractivity contribution in [3.05, 3.63) is 71.5 Å². The highest BCUT2D eigenvalue weighted by atomic mass is 19.1. The summed E-state index contributed by atoms with van der Waals surface area (Å²) < 4.78 is 23.8. The summed E-state index contributed by atoms with van der Waals surface area (Å²) in [7, 11) is 0. The normalized spacial score (nSPS) is 11.8. The average molecular weight is 488 g/mol. The molecule has 0 spiro atoms. The Bertz CT molecular complexity index is 963. The minimum absolute atomic E-state index is 0.123. The lowest BCUT2D eigenvalue weighted by Crippen LogP contribution is -2.48. The SMILES string of the molecule is CC(C)(C)OC(=O)NC(CCCCNC(=O)OCc1ccccc1)C(=O)NCc1cccc(F)c1. The third kappa shape index (κ3) is 11.9. The zero-order valence-electron chi connectivity index (χ0n) is 20.4. The molecule has 1 atom stereocenters. The molecule has 3 N–H and O–H groups in total. The number of carbonyl (C=O) groups excluding carboxylic acids is 3. The van der Waals surface area contributed by atoms with Gasteiger partial charge in [-0.2, -0.15) is 0 Å². The van der Waals surface area contributed by atoms with Gasteiger partial charge in [0.1, 0.15) is 24.1 Å². The topological polar surface area (TPSA) is 106 Å². The van der Waals surface area contributed by atoms with Crippen molar-refractivity contribution in [1.82, 2.24) is 16.0 Å². The third-order valence-electron chi connectivity index (χ3n) is 4.76. The predicted octanol–water partition coefficient (Wildman–Crippen LogP) is 4.43. The first-order chi connectivity index (χ1) is 16.6. The minimum Gasteiger partial charge on any atom is -0.445 e. The lowest BCUT2D eigenvalue weighted by atomic mass is 10.1. The molecule has 0 aromatic heterocycles. The molecule has 0 heterocycles. The maximum Gasteiger partial charge on any atom is 0.408 e. The zero-order chi connectivity index (χ0) is 25.7. The second-order valence-corrected chi connectivity index (χ2v) is 9.03. The first-order valence-corrected chi connectivity index (χ1v) is 11.6. The Hall–Kier alpha value is -3.62. The van der Waals surface area contributed by atoms with E-state index in [-0.39, 0.29) is 13.2 Å². The van der Waals surface area contributed by atoms with Gasteiger partial charge in [0.25, 0.3) is 0 Å². The number of halogens is 1. The number of unbranched alkanes of at least 4 members (excludes halogenated alkanes) is 1. The molecule has 0 aliphatic heterocycles. The van der Waals surface area contributed by atoms with E-state index in [9.17, 15) is 18.8 Å². The Morgan fingerprint density at radius 3 is 2.31 bits per heavy atom. The summed E-state index contributed by atoms with van der Waals surface area (Å²) in [6.07, 6.45) is 0.224. The molecular weight excluding hydrogens is 453 g/mol. The number of hydrogen-bond acceptors (Lipinski definition) is 5. The van der Waals surface area contributed by atoms with E-state index in [4.69, 9.17) is 9.47 Å². The molecule has 0 bridgehead atoms. The Morgan fingerprint density at radius 1 is 0.914 bits per heavy atom. The summed E-state index contributed by atoms with van der Waals surface area (Å²) in [6, 6.07) is 14.4. The Kier molecular flexibility index (Phi) is 11.0. The Labute approximate surface area is 205 Å². The number of benzene rings is 2. The molecule has 3 amide bonds. The molecule has 0 saturated heterocycles. The van der Waals surface area contributed by atoms with Crippen LogP contribution in [0.2, 0.25) is 0 Å². The van der Waals surface area contributed by atoms with Crippen molar-refractivity contribution in [2.24, 2.45) is 0 Å². The van der Waals surface area contributed by atoms with Crippen LogP contribution in [0, 0.1) is 5.82 Å². The second kappa shape index (κ2) is 13.9. The van der Waals surface area contributed by atoms with E-state index in [1.165, 1.54) is 12.1 Å². The highest BCUT2D eigenvalue weighted by molar-refractivity contribution is 5.85. The summed E-state index contributed by atoms with van der Waals surface area (Å²) in [5.41, 5.74) is 0.784. The van der Waals surface area contributed by atoms with Crippen LogP contribution in [0.15, 0.2) is 54.6 Å². The van der Waals surface area contributed by atoms with Crippen LogP contribution >= 0.6 is 0 Å². The molecule has 0 saturated carbocycles. The van der Waals surface area contributed by atoms with Gasteiger partial charge in [0, 0.05) is 13.1 Å². The molecule has 8 nitrogen and oxygen atoms in total. The number of rotatable bonds is 11. The van der Waals surface area contributed by atoms with Crippen molar-refractivity contribution in [1.29, 1.82) is 0 Å². The van der Waals surface area contributed by atoms with Gasteiger partial charge >= 0.3 is 12.2 Å². The predicted molar refractivity (Wildman–Crippen MR) is 130 cm³/mol. The van der Waals surface area contributed by atoms with Gasteiger partial charge in [0.05, 0.1) is 0 Å². The molecule has 1 unspecified atom stereocenters. The van der Waals surface area contributed by atoms with Gasteiger partial charge in [0.2, 0.25) is 5.91 Å². The van der Waals surface area contributed by atoms with Gasteiger partial charge in [-0.15, -0.1) is 0 Å². The molecule has 190 valence electrons. The zero-order valence-corrected chi connectivity index (χ0v) is 20.4. The van der Waals surface area contributed by atoms with E-state index in [0.29, 0.717) is 31.4 Å². The van der Waals surface area contributed by atoms with Gasteiger partial charge in [-0.25, -0.2) is 14.0 Å². The third-order valence-corrected chi connectivity index (χ3v) is 4.76. The quantitative estimate of drug-likeness (QED) is 0.407. The average Bonchev–Trinajstić information content (AvgIpc) is 2.79. The van der Waals surface area contributed by atoms with Gasteiger partial charge in [0.15, 0.2) is 0 Å². The largest absolute Gasteiger partial charge is 0.445 e. The number of carbonyl (C=O) groups is 3. The van der Waals surface area contributed by atoms with E-state index in [1.807, 2.05) is 30.3 Å². The lowest BCUT2D eigenvalue weighted by molar-refractivity contribution is -0.123. The number of nitrogens with one attached hydrogen (secondary N) is 3. The van der Waals surface area contributed by atoms with Crippen LogP contribution in [0.25, 0.3) is 0 Å². The van der Waals surface area contributed by atoms with Gasteiger partial charge < -0.3 is 25.4 Å². The molecule has 0 fully saturated rings. The first-order valence-electron chi connectivity index (χ1n) is 11.6. The number of ether oxygens (including phenoxy) is 2. The number of hydrogen-bond donors (Lipinski definition) is 3. The summed E-state index contributed by atoms with van der Waals surface area (Å²) in [6.45, 7) is 5.85. The molecule has 2 rings (SSSR count). The lowest BCUT2D eigenvalue weighted by Gasteiger charge is -2.23. The van der Waals surface area contributed by atoms with Crippen LogP contribution < -0.4 is 16.0 Å². The van der Waals surface area contributed by atoms with Crippen LogP contribution in [0.3, 0.4) is 0 Å². The van der Waals surface area contributed by atoms with Crippen LogP contribution in [-0.2, 0) is 27.4 Å². The molecule has 2 aromatic rings. The standard InChI is InChI=1S/C26H34FN3O5/c1-26(2,3)35-25(33)30-22(23(31)29-17-20-12-9-13-21(27)16-20)14-7-8-15-28-24(32)34-18-19-10-5-4-6-11-19/h4-6,9-13,16,22H,7-8,14-15,17-18H2,1-3H3,(H,28,32)(H,29,31)(H,30,33). The minimum atomic E-state index is -0.844. The summed E-state index contributed by atoms with van der Waals surface area (Å²) in [4.78, 5) is 36.8. The van der Waals surface area contributed by atoms with Crippen LogP contribution in [-0.4, -0.2) is 36.3 Å². The van der Waals surface area contributed by atoms with Crippen molar-refractivity contribution in [3.8, 4) is 0 Å².